The van der Waals surface area contributed by atoms with Gasteiger partial charge in [0.1, 0.15) is 0 Å². The number of fused-ring (bicyclic) bond motifs is 1. The normalized spacial score (nSPS) is 11.7. The van der Waals surface area contributed by atoms with E-state index in [-0.39, 0.29) is 0 Å². The summed E-state index contributed by atoms with van der Waals surface area (Å²) in [6.45, 7) is 9.05. The molecule has 20 heavy (non-hydrogen) atoms. The molecule has 0 aliphatic carbocycles. The molecule has 0 aliphatic rings. The van der Waals surface area contributed by atoms with Crippen molar-refractivity contribution in [3.05, 3.63) is 35.5 Å². The van der Waals surface area contributed by atoms with Gasteiger partial charge in [0, 0.05) is 35.7 Å². The number of nitrogens with one attached hydrogen (secondary N) is 1. The maximum atomic E-state index is 11.5. The summed E-state index contributed by atoms with van der Waals surface area (Å²) in [7, 11) is 0. The predicted molar refractivity (Wildman–Crippen MR) is 81.3 cm³/mol. The van der Waals surface area contributed by atoms with E-state index in [9.17, 15) is 9.90 Å². The van der Waals surface area contributed by atoms with E-state index >= 15 is 0 Å². The molecule has 0 saturated heterocycles. The third-order valence-electron chi connectivity index (χ3n) is 3.42. The Morgan fingerprint density at radius 1 is 1.30 bits per heavy atom. The smallest absolute Gasteiger partial charge is 0.336 e. The van der Waals surface area contributed by atoms with E-state index in [1.807, 2.05) is 12.1 Å². The summed E-state index contributed by atoms with van der Waals surface area (Å²) in [6, 6.07) is 6.14. The Bertz CT molecular complexity index is 627. The third-order valence-corrected chi connectivity index (χ3v) is 3.42. The van der Waals surface area contributed by atoms with Crippen LogP contribution in [0.15, 0.2) is 24.4 Å². The number of rotatable bonds is 5. The highest BCUT2D eigenvalue weighted by atomic mass is 16.4. The van der Waals surface area contributed by atoms with Gasteiger partial charge in [0.2, 0.25) is 0 Å². The molecule has 108 valence electrons. The number of aromatic nitrogens is 1. The van der Waals surface area contributed by atoms with Gasteiger partial charge in [-0.2, -0.15) is 0 Å². The fourth-order valence-corrected chi connectivity index (χ4v) is 2.45. The highest BCUT2D eigenvalue weighted by Gasteiger charge is 2.17. The summed E-state index contributed by atoms with van der Waals surface area (Å²) in [5.74, 6) is -0.872. The molecule has 0 bridgehead atoms. The van der Waals surface area contributed by atoms with E-state index in [1.165, 1.54) is 0 Å². The van der Waals surface area contributed by atoms with Crippen molar-refractivity contribution in [1.29, 1.82) is 0 Å². The summed E-state index contributed by atoms with van der Waals surface area (Å²) in [6.07, 6.45) is 2.07. The van der Waals surface area contributed by atoms with Crippen molar-refractivity contribution in [3.63, 3.8) is 0 Å². The fraction of sp³-hybridized carbons (Fsp3) is 0.438. The Balaban J connectivity index is 2.63. The topological polar surface area (TPSA) is 54.3 Å². The van der Waals surface area contributed by atoms with Crippen LogP contribution >= 0.6 is 0 Å². The van der Waals surface area contributed by atoms with Crippen molar-refractivity contribution >= 4 is 16.9 Å². The molecular formula is C16H22N2O2. The molecule has 1 aromatic carbocycles. The van der Waals surface area contributed by atoms with Crippen molar-refractivity contribution in [3.8, 4) is 0 Å². The van der Waals surface area contributed by atoms with Gasteiger partial charge in [0.05, 0.1) is 5.56 Å². The fourth-order valence-electron chi connectivity index (χ4n) is 2.45. The lowest BCUT2D eigenvalue weighted by atomic mass is 10.1. The molecule has 4 nitrogen and oxygen atoms in total. The number of benzene rings is 1. The van der Waals surface area contributed by atoms with Crippen molar-refractivity contribution < 1.29 is 9.90 Å². The minimum atomic E-state index is -0.872. The quantitative estimate of drug-likeness (QED) is 0.878. The minimum absolute atomic E-state index is 0.300. The molecule has 1 heterocycles. The van der Waals surface area contributed by atoms with Crippen molar-refractivity contribution in [2.75, 3.05) is 0 Å². The Morgan fingerprint density at radius 2 is 2.00 bits per heavy atom. The molecule has 0 unspecified atom stereocenters. The Morgan fingerprint density at radius 3 is 2.55 bits per heavy atom. The number of nitrogens with zero attached hydrogens (tertiary/aromatic N) is 1. The van der Waals surface area contributed by atoms with Crippen LogP contribution in [0.3, 0.4) is 0 Å². The molecule has 1 aromatic heterocycles. The van der Waals surface area contributed by atoms with Gasteiger partial charge in [-0.15, -0.1) is 0 Å². The van der Waals surface area contributed by atoms with E-state index in [4.69, 9.17) is 0 Å². The van der Waals surface area contributed by atoms with Crippen molar-refractivity contribution in [2.24, 2.45) is 0 Å². The van der Waals surface area contributed by atoms with E-state index in [2.05, 4.69) is 43.8 Å². The van der Waals surface area contributed by atoms with Gasteiger partial charge in [-0.25, -0.2) is 4.79 Å². The van der Waals surface area contributed by atoms with E-state index in [0.29, 0.717) is 24.2 Å². The highest BCUT2D eigenvalue weighted by molar-refractivity contribution is 6.04. The number of carboxylic acid groups (broad SMARTS) is 1. The van der Waals surface area contributed by atoms with Crippen LogP contribution in [-0.2, 0) is 6.54 Å². The lowest BCUT2D eigenvalue weighted by Gasteiger charge is -2.09. The number of hydrogen-bond donors (Lipinski definition) is 2. The average Bonchev–Trinajstić information content (AvgIpc) is 2.75. The molecule has 2 aromatic rings. The van der Waals surface area contributed by atoms with Gasteiger partial charge in [-0.3, -0.25) is 0 Å². The second-order valence-electron chi connectivity index (χ2n) is 5.70. The van der Waals surface area contributed by atoms with Crippen molar-refractivity contribution in [1.82, 2.24) is 9.88 Å². The second kappa shape index (κ2) is 5.67. The number of carbonyl (C=O) groups is 1. The number of carboxylic acids is 1. The molecule has 0 radical (unpaired) electrons. The highest BCUT2D eigenvalue weighted by Crippen LogP contribution is 2.28. The third kappa shape index (κ3) is 2.70. The molecule has 0 amide bonds. The van der Waals surface area contributed by atoms with Gasteiger partial charge in [0.15, 0.2) is 0 Å². The number of hydrogen-bond acceptors (Lipinski definition) is 2. The zero-order valence-corrected chi connectivity index (χ0v) is 12.5. The molecule has 2 N–H and O–H groups in total. The standard InChI is InChI=1S/C16H22N2O2/c1-10(2)17-8-12-9-18(11(3)4)14-7-5-6-13(15(12)14)16(19)20/h5-7,9-11,17H,8H2,1-4H3,(H,19,20). The molecule has 4 heteroatoms. The van der Waals surface area contributed by atoms with Crippen molar-refractivity contribution in [2.45, 2.75) is 46.3 Å². The van der Waals surface area contributed by atoms with E-state index < -0.39 is 5.97 Å². The maximum absolute atomic E-state index is 11.5. The molecular weight excluding hydrogens is 252 g/mol. The summed E-state index contributed by atoms with van der Waals surface area (Å²) in [5.41, 5.74) is 2.41. The van der Waals surface area contributed by atoms with Crippen LogP contribution in [0.25, 0.3) is 10.9 Å². The average molecular weight is 274 g/mol. The first-order valence-electron chi connectivity index (χ1n) is 7.01. The Labute approximate surface area is 119 Å². The molecule has 0 aliphatic heterocycles. The lowest BCUT2D eigenvalue weighted by Crippen LogP contribution is -2.21. The molecule has 2 rings (SSSR count). The van der Waals surface area contributed by atoms with Crippen LogP contribution in [0.2, 0.25) is 0 Å². The predicted octanol–water partition coefficient (Wildman–Crippen LogP) is 3.42. The first kappa shape index (κ1) is 14.6. The molecule has 0 saturated carbocycles. The maximum Gasteiger partial charge on any atom is 0.336 e. The van der Waals surface area contributed by atoms with Crippen LogP contribution < -0.4 is 5.32 Å². The first-order chi connectivity index (χ1) is 9.41. The number of aromatic carboxylic acids is 1. The van der Waals surface area contributed by atoms with Crippen LogP contribution in [0, 0.1) is 0 Å². The Kier molecular flexibility index (Phi) is 4.14. The van der Waals surface area contributed by atoms with Crippen LogP contribution in [-0.4, -0.2) is 21.7 Å². The first-order valence-corrected chi connectivity index (χ1v) is 7.01. The van der Waals surface area contributed by atoms with Gasteiger partial charge >= 0.3 is 5.97 Å². The molecule has 0 atom stereocenters. The summed E-state index contributed by atoms with van der Waals surface area (Å²) < 4.78 is 2.14. The largest absolute Gasteiger partial charge is 0.478 e. The van der Waals surface area contributed by atoms with Gasteiger partial charge < -0.3 is 15.0 Å². The molecule has 0 fully saturated rings. The zero-order valence-electron chi connectivity index (χ0n) is 12.5. The second-order valence-corrected chi connectivity index (χ2v) is 5.70. The van der Waals surface area contributed by atoms with Crippen LogP contribution in [0.5, 0.6) is 0 Å². The minimum Gasteiger partial charge on any atom is -0.478 e. The van der Waals surface area contributed by atoms with Gasteiger partial charge in [-0.1, -0.05) is 19.9 Å². The SMILES string of the molecule is CC(C)NCc1cn(C(C)C)c2cccc(C(=O)O)c12. The monoisotopic (exact) mass is 274 g/mol. The summed E-state index contributed by atoms with van der Waals surface area (Å²) in [4.78, 5) is 11.5. The summed E-state index contributed by atoms with van der Waals surface area (Å²) in [5, 5.41) is 13.6. The van der Waals surface area contributed by atoms with Crippen LogP contribution in [0.4, 0.5) is 0 Å². The van der Waals surface area contributed by atoms with E-state index in [1.54, 1.807) is 6.07 Å². The van der Waals surface area contributed by atoms with E-state index in [0.717, 1.165) is 16.5 Å². The van der Waals surface area contributed by atoms with Gasteiger partial charge in [-0.05, 0) is 31.5 Å². The lowest BCUT2D eigenvalue weighted by molar-refractivity contribution is 0.0699. The summed E-state index contributed by atoms with van der Waals surface area (Å²) >= 11 is 0. The molecule has 0 spiro atoms. The Hall–Kier alpha value is -1.81. The van der Waals surface area contributed by atoms with Gasteiger partial charge in [0.25, 0.3) is 0 Å². The zero-order chi connectivity index (χ0) is 14.9. The van der Waals surface area contributed by atoms with Crippen LogP contribution in [0.1, 0.15) is 49.7 Å².